The SMILES string of the molecule is Cc1nc(S(=O)(=O)NCC(=O)N2CCC(N)C(C)(C)C2)cn1C. The first-order chi connectivity index (χ1) is 10.5. The maximum atomic E-state index is 12.3. The van der Waals surface area contributed by atoms with Gasteiger partial charge in [-0.3, -0.25) is 4.79 Å². The Labute approximate surface area is 137 Å². The molecule has 1 aliphatic heterocycles. The monoisotopic (exact) mass is 343 g/mol. The summed E-state index contributed by atoms with van der Waals surface area (Å²) in [6, 6.07) is 0.0414. The maximum absolute atomic E-state index is 12.3. The molecule has 1 aliphatic rings. The number of likely N-dealkylation sites (tertiary alicyclic amines) is 1. The summed E-state index contributed by atoms with van der Waals surface area (Å²) in [6.45, 7) is 6.54. The van der Waals surface area contributed by atoms with E-state index in [0.717, 1.165) is 0 Å². The average molecular weight is 343 g/mol. The molecule has 0 bridgehead atoms. The van der Waals surface area contributed by atoms with Crippen LogP contribution >= 0.6 is 0 Å². The third-order valence-electron chi connectivity index (χ3n) is 4.44. The van der Waals surface area contributed by atoms with E-state index in [1.54, 1.807) is 23.4 Å². The van der Waals surface area contributed by atoms with E-state index >= 15 is 0 Å². The van der Waals surface area contributed by atoms with Crippen LogP contribution in [0.2, 0.25) is 0 Å². The molecule has 3 N–H and O–H groups in total. The molecule has 1 aromatic heterocycles. The molecule has 9 heteroatoms. The van der Waals surface area contributed by atoms with Crippen LogP contribution < -0.4 is 10.5 Å². The summed E-state index contributed by atoms with van der Waals surface area (Å²) in [6.07, 6.45) is 2.14. The summed E-state index contributed by atoms with van der Waals surface area (Å²) in [5.74, 6) is 0.338. The second kappa shape index (κ2) is 6.21. The number of nitrogens with two attached hydrogens (primary N) is 1. The number of amides is 1. The highest BCUT2D eigenvalue weighted by Gasteiger charge is 2.35. The molecule has 0 aliphatic carbocycles. The largest absolute Gasteiger partial charge is 0.341 e. The summed E-state index contributed by atoms with van der Waals surface area (Å²) >= 11 is 0. The molecular formula is C14H25N5O3S. The lowest BCUT2D eigenvalue weighted by Crippen LogP contribution is -2.55. The molecule has 1 saturated heterocycles. The van der Waals surface area contributed by atoms with Gasteiger partial charge in [0.25, 0.3) is 10.0 Å². The van der Waals surface area contributed by atoms with Gasteiger partial charge in [0.05, 0.1) is 6.54 Å². The van der Waals surface area contributed by atoms with Crippen molar-refractivity contribution in [2.24, 2.45) is 18.2 Å². The normalized spacial score (nSPS) is 21.4. The van der Waals surface area contributed by atoms with E-state index in [4.69, 9.17) is 5.73 Å². The van der Waals surface area contributed by atoms with E-state index in [1.165, 1.54) is 6.20 Å². The van der Waals surface area contributed by atoms with Gasteiger partial charge in [-0.1, -0.05) is 13.8 Å². The van der Waals surface area contributed by atoms with Crippen LogP contribution in [0, 0.1) is 12.3 Å². The van der Waals surface area contributed by atoms with Crippen LogP contribution in [0.1, 0.15) is 26.1 Å². The Hall–Kier alpha value is -1.45. The molecule has 130 valence electrons. The van der Waals surface area contributed by atoms with Gasteiger partial charge in [0, 0.05) is 32.4 Å². The van der Waals surface area contributed by atoms with Crippen molar-refractivity contribution in [2.45, 2.75) is 38.3 Å². The van der Waals surface area contributed by atoms with Crippen molar-refractivity contribution in [2.75, 3.05) is 19.6 Å². The number of carbonyl (C=O) groups excluding carboxylic acids is 1. The van der Waals surface area contributed by atoms with Crippen molar-refractivity contribution >= 4 is 15.9 Å². The Morgan fingerprint density at radius 2 is 2.17 bits per heavy atom. The van der Waals surface area contributed by atoms with Gasteiger partial charge in [0.15, 0.2) is 5.03 Å². The second-order valence-electron chi connectivity index (χ2n) is 6.76. The van der Waals surface area contributed by atoms with Gasteiger partial charge in [-0.05, 0) is 18.8 Å². The van der Waals surface area contributed by atoms with Crippen LogP contribution in [-0.2, 0) is 21.9 Å². The topological polar surface area (TPSA) is 110 Å². The Bertz CT molecular complexity index is 676. The number of rotatable bonds is 4. The average Bonchev–Trinajstić information content (AvgIpc) is 2.80. The van der Waals surface area contributed by atoms with E-state index < -0.39 is 10.0 Å². The lowest BCUT2D eigenvalue weighted by atomic mass is 9.80. The van der Waals surface area contributed by atoms with Crippen LogP contribution in [0.3, 0.4) is 0 Å². The fraction of sp³-hybridized carbons (Fsp3) is 0.714. The van der Waals surface area contributed by atoms with Gasteiger partial charge in [-0.15, -0.1) is 0 Å². The first-order valence-corrected chi connectivity index (χ1v) is 9.04. The van der Waals surface area contributed by atoms with Crippen molar-refractivity contribution in [3.8, 4) is 0 Å². The molecule has 23 heavy (non-hydrogen) atoms. The van der Waals surface area contributed by atoms with Gasteiger partial charge in [0.1, 0.15) is 5.82 Å². The zero-order valence-electron chi connectivity index (χ0n) is 14.0. The Kier molecular flexibility index (Phi) is 4.84. The minimum absolute atomic E-state index is 0.0414. The van der Waals surface area contributed by atoms with Crippen molar-refractivity contribution in [1.29, 1.82) is 0 Å². The number of nitrogens with one attached hydrogen (secondary N) is 1. The van der Waals surface area contributed by atoms with E-state index in [-0.39, 0.29) is 28.9 Å². The summed E-state index contributed by atoms with van der Waals surface area (Å²) in [5.41, 5.74) is 5.87. The van der Waals surface area contributed by atoms with Crippen molar-refractivity contribution in [3.05, 3.63) is 12.0 Å². The number of hydrogen-bond donors (Lipinski definition) is 2. The standard InChI is InChI=1S/C14H25N5O3S/c1-10-17-12(8-18(10)4)23(21,22)16-7-13(20)19-6-5-11(15)14(2,3)9-19/h8,11,16H,5-7,9,15H2,1-4H3. The lowest BCUT2D eigenvalue weighted by molar-refractivity contribution is -0.133. The van der Waals surface area contributed by atoms with E-state index in [1.807, 2.05) is 13.8 Å². The van der Waals surface area contributed by atoms with Gasteiger partial charge < -0.3 is 15.2 Å². The molecule has 0 aromatic carbocycles. The number of nitrogens with zero attached hydrogens (tertiary/aromatic N) is 3. The minimum Gasteiger partial charge on any atom is -0.341 e. The second-order valence-corrected chi connectivity index (χ2v) is 8.47. The highest BCUT2D eigenvalue weighted by Crippen LogP contribution is 2.27. The highest BCUT2D eigenvalue weighted by molar-refractivity contribution is 7.89. The van der Waals surface area contributed by atoms with Gasteiger partial charge in [0.2, 0.25) is 5.91 Å². The molecule has 0 radical (unpaired) electrons. The van der Waals surface area contributed by atoms with Crippen molar-refractivity contribution in [1.82, 2.24) is 19.2 Å². The first-order valence-electron chi connectivity index (χ1n) is 7.56. The molecular weight excluding hydrogens is 318 g/mol. The first kappa shape index (κ1) is 17.9. The number of hydrogen-bond acceptors (Lipinski definition) is 5. The van der Waals surface area contributed by atoms with Crippen molar-refractivity contribution in [3.63, 3.8) is 0 Å². The van der Waals surface area contributed by atoms with Crippen LogP contribution in [0.15, 0.2) is 11.2 Å². The van der Waals surface area contributed by atoms with Gasteiger partial charge in [-0.2, -0.15) is 0 Å². The molecule has 0 saturated carbocycles. The predicted molar refractivity (Wildman–Crippen MR) is 86.1 cm³/mol. The number of imidazole rings is 1. The van der Waals surface area contributed by atoms with E-state index in [9.17, 15) is 13.2 Å². The van der Waals surface area contributed by atoms with E-state index in [2.05, 4.69) is 9.71 Å². The molecule has 1 aromatic rings. The Morgan fingerprint density at radius 1 is 1.52 bits per heavy atom. The number of aryl methyl sites for hydroxylation is 2. The Morgan fingerprint density at radius 3 is 2.70 bits per heavy atom. The number of aromatic nitrogens is 2. The summed E-state index contributed by atoms with van der Waals surface area (Å²) in [4.78, 5) is 17.9. The van der Waals surface area contributed by atoms with Crippen LogP contribution in [-0.4, -0.2) is 54.5 Å². The minimum atomic E-state index is -3.79. The van der Waals surface area contributed by atoms with Gasteiger partial charge in [-0.25, -0.2) is 18.1 Å². The smallest absolute Gasteiger partial charge is 0.260 e. The summed E-state index contributed by atoms with van der Waals surface area (Å²) < 4.78 is 28.3. The molecule has 8 nitrogen and oxygen atoms in total. The van der Waals surface area contributed by atoms with Crippen molar-refractivity contribution < 1.29 is 13.2 Å². The van der Waals surface area contributed by atoms with Crippen LogP contribution in [0.4, 0.5) is 0 Å². The lowest BCUT2D eigenvalue weighted by Gasteiger charge is -2.42. The number of carbonyl (C=O) groups is 1. The van der Waals surface area contributed by atoms with Crippen LogP contribution in [0.25, 0.3) is 0 Å². The number of piperidine rings is 1. The van der Waals surface area contributed by atoms with Crippen LogP contribution in [0.5, 0.6) is 0 Å². The third kappa shape index (κ3) is 3.91. The zero-order valence-corrected chi connectivity index (χ0v) is 14.9. The summed E-state index contributed by atoms with van der Waals surface area (Å²) in [5, 5.41) is -0.0775. The third-order valence-corrected chi connectivity index (χ3v) is 5.71. The predicted octanol–water partition coefficient (Wildman–Crippen LogP) is -0.407. The molecule has 1 fully saturated rings. The molecule has 0 spiro atoms. The Balaban J connectivity index is 1.99. The fourth-order valence-corrected chi connectivity index (χ4v) is 3.60. The quantitative estimate of drug-likeness (QED) is 0.772. The maximum Gasteiger partial charge on any atom is 0.260 e. The molecule has 1 amide bonds. The molecule has 1 unspecified atom stereocenters. The molecule has 1 atom stereocenters. The zero-order chi connectivity index (χ0) is 17.4. The molecule has 2 rings (SSSR count). The van der Waals surface area contributed by atoms with Gasteiger partial charge >= 0.3 is 0 Å². The fourth-order valence-electron chi connectivity index (χ4n) is 2.59. The summed E-state index contributed by atoms with van der Waals surface area (Å²) in [7, 11) is -2.08. The van der Waals surface area contributed by atoms with E-state index in [0.29, 0.717) is 25.3 Å². The number of sulfonamides is 1. The highest BCUT2D eigenvalue weighted by atomic mass is 32.2. The molecule has 2 heterocycles.